The minimum absolute atomic E-state index is 0.0717. The van der Waals surface area contributed by atoms with Crippen molar-refractivity contribution in [1.82, 2.24) is 14.7 Å². The van der Waals surface area contributed by atoms with E-state index in [1.165, 1.54) is 10.9 Å². The average molecular weight is 385 g/mol. The predicted octanol–water partition coefficient (Wildman–Crippen LogP) is 3.04. The van der Waals surface area contributed by atoms with E-state index in [4.69, 9.17) is 4.74 Å². The number of benzene rings is 2. The first kappa shape index (κ1) is 19.1. The van der Waals surface area contributed by atoms with Crippen molar-refractivity contribution in [3.8, 4) is 11.6 Å². The van der Waals surface area contributed by atoms with Crippen molar-refractivity contribution in [2.75, 3.05) is 27.2 Å². The lowest BCUT2D eigenvalue weighted by Crippen LogP contribution is -2.16. The van der Waals surface area contributed by atoms with E-state index in [0.717, 1.165) is 18.7 Å². The zero-order valence-electron chi connectivity index (χ0n) is 15.4. The first-order valence-corrected chi connectivity index (χ1v) is 10.2. The molecule has 142 valence electrons. The summed E-state index contributed by atoms with van der Waals surface area (Å²) in [7, 11) is 0.234. The minimum Gasteiger partial charge on any atom is -0.476 e. The van der Waals surface area contributed by atoms with Crippen molar-refractivity contribution in [3.63, 3.8) is 0 Å². The molecule has 7 heteroatoms. The van der Waals surface area contributed by atoms with Gasteiger partial charge in [0.2, 0.25) is 9.84 Å². The summed E-state index contributed by atoms with van der Waals surface area (Å²) >= 11 is 0. The molecule has 0 amide bonds. The quantitative estimate of drug-likeness (QED) is 0.558. The van der Waals surface area contributed by atoms with Crippen LogP contribution in [0.3, 0.4) is 0 Å². The lowest BCUT2D eigenvalue weighted by atomic mass is 10.3. The van der Waals surface area contributed by atoms with Crippen LogP contribution in [0, 0.1) is 0 Å². The predicted molar refractivity (Wildman–Crippen MR) is 104 cm³/mol. The van der Waals surface area contributed by atoms with Crippen LogP contribution in [0.5, 0.6) is 5.88 Å². The summed E-state index contributed by atoms with van der Waals surface area (Å²) in [5.74, 6) is 0.126. The standard InChI is InChI=1S/C20H23N3O3S/c1-22(2)14-9-15-26-20-19(27(24,25)18-12-7-4-8-13-18)16-23(21-20)17-10-5-3-6-11-17/h3-8,10-13,16H,9,14-15H2,1-2H3. The van der Waals surface area contributed by atoms with Crippen molar-refractivity contribution in [1.29, 1.82) is 0 Å². The molecule has 27 heavy (non-hydrogen) atoms. The van der Waals surface area contributed by atoms with Crippen LogP contribution in [-0.2, 0) is 9.84 Å². The molecule has 1 heterocycles. The van der Waals surface area contributed by atoms with Gasteiger partial charge in [0.15, 0.2) is 4.90 Å². The van der Waals surface area contributed by atoms with E-state index in [1.807, 2.05) is 49.3 Å². The van der Waals surface area contributed by atoms with Gasteiger partial charge in [-0.15, -0.1) is 5.10 Å². The lowest BCUT2D eigenvalue weighted by molar-refractivity contribution is 0.266. The number of aromatic nitrogens is 2. The van der Waals surface area contributed by atoms with Crippen molar-refractivity contribution in [3.05, 3.63) is 66.9 Å². The second kappa shape index (κ2) is 8.37. The molecule has 0 fully saturated rings. The lowest BCUT2D eigenvalue weighted by Gasteiger charge is -2.10. The van der Waals surface area contributed by atoms with E-state index >= 15 is 0 Å². The summed E-state index contributed by atoms with van der Waals surface area (Å²) in [6.07, 6.45) is 2.29. The molecule has 0 saturated carbocycles. The average Bonchev–Trinajstić information content (AvgIpc) is 3.12. The number of sulfone groups is 1. The molecular weight excluding hydrogens is 362 g/mol. The van der Waals surface area contributed by atoms with Gasteiger partial charge in [-0.25, -0.2) is 13.1 Å². The van der Waals surface area contributed by atoms with Crippen LogP contribution in [0.25, 0.3) is 5.69 Å². The van der Waals surface area contributed by atoms with Gasteiger partial charge in [-0.2, -0.15) is 0 Å². The van der Waals surface area contributed by atoms with Crippen LogP contribution in [0.4, 0.5) is 0 Å². The van der Waals surface area contributed by atoms with Crippen LogP contribution in [0.2, 0.25) is 0 Å². The molecule has 0 unspecified atom stereocenters. The third-order valence-electron chi connectivity index (χ3n) is 4.00. The van der Waals surface area contributed by atoms with Gasteiger partial charge in [0.05, 0.1) is 23.4 Å². The monoisotopic (exact) mass is 385 g/mol. The summed E-state index contributed by atoms with van der Waals surface area (Å²) in [5, 5.41) is 4.39. The maximum Gasteiger partial charge on any atom is 0.252 e. The minimum atomic E-state index is -3.73. The molecule has 0 aliphatic heterocycles. The Bertz CT molecular complexity index is 968. The van der Waals surface area contributed by atoms with E-state index in [9.17, 15) is 8.42 Å². The second-order valence-electron chi connectivity index (χ2n) is 6.40. The van der Waals surface area contributed by atoms with E-state index in [1.54, 1.807) is 30.3 Å². The number of rotatable bonds is 8. The molecule has 0 aliphatic rings. The second-order valence-corrected chi connectivity index (χ2v) is 8.32. The highest BCUT2D eigenvalue weighted by atomic mass is 32.2. The molecular formula is C20H23N3O3S. The largest absolute Gasteiger partial charge is 0.476 e. The first-order valence-electron chi connectivity index (χ1n) is 8.71. The number of hydrogen-bond donors (Lipinski definition) is 0. The number of ether oxygens (including phenoxy) is 1. The van der Waals surface area contributed by atoms with Gasteiger partial charge >= 0.3 is 0 Å². The Labute approximate surface area is 159 Å². The first-order chi connectivity index (χ1) is 13.0. The third-order valence-corrected chi connectivity index (χ3v) is 5.75. The molecule has 0 radical (unpaired) electrons. The van der Waals surface area contributed by atoms with Crippen LogP contribution in [0.1, 0.15) is 6.42 Å². The van der Waals surface area contributed by atoms with Gasteiger partial charge in [-0.05, 0) is 44.8 Å². The molecule has 0 bridgehead atoms. The molecule has 1 aromatic heterocycles. The van der Waals surface area contributed by atoms with Crippen molar-refractivity contribution < 1.29 is 13.2 Å². The van der Waals surface area contributed by atoms with Gasteiger partial charge in [0.25, 0.3) is 5.88 Å². The normalized spacial score (nSPS) is 11.7. The highest BCUT2D eigenvalue weighted by molar-refractivity contribution is 7.91. The van der Waals surface area contributed by atoms with Crippen LogP contribution >= 0.6 is 0 Å². The zero-order valence-corrected chi connectivity index (χ0v) is 16.3. The molecule has 0 spiro atoms. The van der Waals surface area contributed by atoms with Gasteiger partial charge in [-0.3, -0.25) is 0 Å². The van der Waals surface area contributed by atoms with E-state index in [2.05, 4.69) is 5.10 Å². The molecule has 0 N–H and O–H groups in total. The molecule has 2 aromatic carbocycles. The Morgan fingerprint density at radius 2 is 1.63 bits per heavy atom. The SMILES string of the molecule is CN(C)CCCOc1nn(-c2ccccc2)cc1S(=O)(=O)c1ccccc1. The van der Waals surface area contributed by atoms with Crippen molar-refractivity contribution in [2.45, 2.75) is 16.2 Å². The van der Waals surface area contributed by atoms with Crippen molar-refractivity contribution in [2.24, 2.45) is 0 Å². The van der Waals surface area contributed by atoms with Gasteiger partial charge in [0, 0.05) is 6.54 Å². The molecule has 0 aliphatic carbocycles. The zero-order chi connectivity index (χ0) is 19.3. The Morgan fingerprint density at radius 3 is 2.26 bits per heavy atom. The molecule has 6 nitrogen and oxygen atoms in total. The Kier molecular flexibility index (Phi) is 5.93. The smallest absolute Gasteiger partial charge is 0.252 e. The topological polar surface area (TPSA) is 64.4 Å². The third kappa shape index (κ3) is 4.56. The summed E-state index contributed by atoms with van der Waals surface area (Å²) < 4.78 is 33.5. The summed E-state index contributed by atoms with van der Waals surface area (Å²) in [6.45, 7) is 1.24. The van der Waals surface area contributed by atoms with Gasteiger partial charge in [0.1, 0.15) is 0 Å². The fourth-order valence-electron chi connectivity index (χ4n) is 2.62. The van der Waals surface area contributed by atoms with Gasteiger partial charge in [-0.1, -0.05) is 36.4 Å². The van der Waals surface area contributed by atoms with Crippen molar-refractivity contribution >= 4 is 9.84 Å². The Balaban J connectivity index is 1.96. The Hall–Kier alpha value is -2.64. The molecule has 0 saturated heterocycles. The summed E-state index contributed by atoms with van der Waals surface area (Å²) in [6, 6.07) is 17.7. The number of para-hydroxylation sites is 1. The maximum absolute atomic E-state index is 13.1. The van der Waals surface area contributed by atoms with E-state index in [0.29, 0.717) is 6.61 Å². The van der Waals surface area contributed by atoms with E-state index in [-0.39, 0.29) is 15.7 Å². The number of nitrogens with zero attached hydrogens (tertiary/aromatic N) is 3. The molecule has 3 aromatic rings. The Morgan fingerprint density at radius 1 is 1.00 bits per heavy atom. The summed E-state index contributed by atoms with van der Waals surface area (Å²) in [4.78, 5) is 2.34. The van der Waals surface area contributed by atoms with Gasteiger partial charge < -0.3 is 9.64 Å². The fourth-order valence-corrected chi connectivity index (χ4v) is 3.95. The van der Waals surface area contributed by atoms with Crippen LogP contribution in [-0.4, -0.2) is 50.3 Å². The highest BCUT2D eigenvalue weighted by Crippen LogP contribution is 2.29. The highest BCUT2D eigenvalue weighted by Gasteiger charge is 2.26. The van der Waals surface area contributed by atoms with Crippen LogP contribution in [0.15, 0.2) is 76.7 Å². The van der Waals surface area contributed by atoms with E-state index < -0.39 is 9.84 Å². The fraction of sp³-hybridized carbons (Fsp3) is 0.250. The van der Waals surface area contributed by atoms with Crippen LogP contribution < -0.4 is 4.74 Å². The summed E-state index contributed by atoms with van der Waals surface area (Å²) in [5.41, 5.74) is 0.769. The maximum atomic E-state index is 13.1. The molecule has 3 rings (SSSR count). The molecule has 0 atom stereocenters. The number of hydrogen-bond acceptors (Lipinski definition) is 5.